The molecule has 18 heavy (non-hydrogen) atoms. The Hall–Kier alpha value is -1.32. The molecule has 0 saturated heterocycles. The molecule has 0 amide bonds. The third-order valence-corrected chi connectivity index (χ3v) is 3.93. The van der Waals surface area contributed by atoms with Crippen molar-refractivity contribution in [1.29, 1.82) is 0 Å². The zero-order valence-electron chi connectivity index (χ0n) is 10.0. The first-order valence-corrected chi connectivity index (χ1v) is 7.32. The van der Waals surface area contributed by atoms with E-state index in [-0.39, 0.29) is 0 Å². The maximum absolute atomic E-state index is 5.57. The number of thiocarbonyl (C=S) groups is 1. The van der Waals surface area contributed by atoms with Crippen molar-refractivity contribution in [3.05, 3.63) is 71.3 Å². The van der Waals surface area contributed by atoms with Crippen LogP contribution in [0.5, 0.6) is 0 Å². The van der Waals surface area contributed by atoms with Gasteiger partial charge in [-0.1, -0.05) is 66.8 Å². The highest BCUT2D eigenvalue weighted by Crippen LogP contribution is 2.18. The Kier molecular flexibility index (Phi) is 4.79. The van der Waals surface area contributed by atoms with Gasteiger partial charge in [0.05, 0.1) is 0 Å². The molecular weight excluding hydrogens is 258 g/mol. The van der Waals surface area contributed by atoms with Gasteiger partial charge in [0.2, 0.25) is 0 Å². The Morgan fingerprint density at radius 1 is 0.889 bits per heavy atom. The molecule has 2 aromatic rings. The fraction of sp³-hybridized carbons (Fsp3) is 0.133. The fourth-order valence-corrected chi connectivity index (χ4v) is 2.72. The lowest BCUT2D eigenvalue weighted by Gasteiger charge is -2.04. The first-order valence-electron chi connectivity index (χ1n) is 5.76. The number of benzene rings is 2. The molecule has 0 atom stereocenters. The first kappa shape index (κ1) is 13.1. The van der Waals surface area contributed by atoms with Gasteiger partial charge in [0.25, 0.3) is 0 Å². The van der Waals surface area contributed by atoms with Crippen LogP contribution < -0.4 is 5.73 Å². The van der Waals surface area contributed by atoms with Crippen LogP contribution in [0.25, 0.3) is 0 Å². The van der Waals surface area contributed by atoms with Crippen LogP contribution in [0.4, 0.5) is 0 Å². The van der Waals surface area contributed by atoms with Crippen LogP contribution in [0.2, 0.25) is 0 Å². The largest absolute Gasteiger partial charge is 0.389 e. The summed E-state index contributed by atoms with van der Waals surface area (Å²) in [5, 5.41) is 0. The van der Waals surface area contributed by atoms with Crippen molar-refractivity contribution in [1.82, 2.24) is 0 Å². The zero-order chi connectivity index (χ0) is 12.8. The molecule has 0 aliphatic carbocycles. The highest BCUT2D eigenvalue weighted by molar-refractivity contribution is 7.97. The van der Waals surface area contributed by atoms with Crippen LogP contribution in [0, 0.1) is 0 Å². The first-order chi connectivity index (χ1) is 8.75. The van der Waals surface area contributed by atoms with Crippen LogP contribution in [0.1, 0.15) is 16.7 Å². The smallest absolute Gasteiger partial charge is 0.103 e. The van der Waals surface area contributed by atoms with E-state index >= 15 is 0 Å². The van der Waals surface area contributed by atoms with Gasteiger partial charge in [0, 0.05) is 17.1 Å². The molecule has 2 aromatic carbocycles. The van der Waals surface area contributed by atoms with Crippen LogP contribution in [0.15, 0.2) is 54.6 Å². The van der Waals surface area contributed by atoms with E-state index in [1.54, 1.807) is 0 Å². The Morgan fingerprint density at radius 3 is 2.00 bits per heavy atom. The van der Waals surface area contributed by atoms with Gasteiger partial charge >= 0.3 is 0 Å². The third-order valence-electron chi connectivity index (χ3n) is 2.62. The molecule has 0 spiro atoms. The molecule has 2 N–H and O–H groups in total. The van der Waals surface area contributed by atoms with Crippen molar-refractivity contribution in [2.45, 2.75) is 11.5 Å². The molecular formula is C15H15NS2. The van der Waals surface area contributed by atoms with E-state index in [4.69, 9.17) is 18.0 Å². The van der Waals surface area contributed by atoms with Gasteiger partial charge in [-0.25, -0.2) is 0 Å². The van der Waals surface area contributed by atoms with E-state index in [0.29, 0.717) is 4.99 Å². The third kappa shape index (κ3) is 3.86. The van der Waals surface area contributed by atoms with Crippen LogP contribution in [-0.2, 0) is 11.5 Å². The fourth-order valence-electron chi connectivity index (χ4n) is 1.63. The molecule has 92 valence electrons. The molecule has 0 radical (unpaired) electrons. The number of thioether (sulfide) groups is 1. The monoisotopic (exact) mass is 273 g/mol. The van der Waals surface area contributed by atoms with Gasteiger partial charge < -0.3 is 5.73 Å². The van der Waals surface area contributed by atoms with Gasteiger partial charge in [0.1, 0.15) is 4.99 Å². The Balaban J connectivity index is 1.85. The summed E-state index contributed by atoms with van der Waals surface area (Å²) >= 11 is 6.84. The van der Waals surface area contributed by atoms with E-state index in [1.807, 2.05) is 30.0 Å². The van der Waals surface area contributed by atoms with Gasteiger partial charge in [-0.3, -0.25) is 0 Å². The zero-order valence-corrected chi connectivity index (χ0v) is 11.6. The van der Waals surface area contributed by atoms with E-state index in [1.165, 1.54) is 11.1 Å². The highest BCUT2D eigenvalue weighted by atomic mass is 32.2. The average molecular weight is 273 g/mol. The topological polar surface area (TPSA) is 26.0 Å². The number of hydrogen-bond donors (Lipinski definition) is 1. The molecule has 0 aliphatic heterocycles. The Morgan fingerprint density at radius 2 is 1.44 bits per heavy atom. The minimum atomic E-state index is 0.457. The maximum atomic E-state index is 5.57. The molecule has 0 aliphatic rings. The van der Waals surface area contributed by atoms with Crippen LogP contribution in [0.3, 0.4) is 0 Å². The second-order valence-electron chi connectivity index (χ2n) is 4.04. The molecule has 2 rings (SSSR count). The second kappa shape index (κ2) is 6.57. The summed E-state index contributed by atoms with van der Waals surface area (Å²) in [4.78, 5) is 0.457. The van der Waals surface area contributed by atoms with Crippen molar-refractivity contribution in [2.24, 2.45) is 5.73 Å². The lowest BCUT2D eigenvalue weighted by atomic mass is 10.1. The SMILES string of the molecule is NC(=S)c1ccc(CSCc2ccccc2)cc1. The quantitative estimate of drug-likeness (QED) is 0.840. The minimum absolute atomic E-state index is 0.457. The number of rotatable bonds is 5. The van der Waals surface area contributed by atoms with Crippen LogP contribution in [-0.4, -0.2) is 4.99 Å². The molecule has 0 saturated carbocycles. The highest BCUT2D eigenvalue weighted by Gasteiger charge is 1.98. The lowest BCUT2D eigenvalue weighted by Crippen LogP contribution is -2.08. The van der Waals surface area contributed by atoms with Gasteiger partial charge in [-0.15, -0.1) is 0 Å². The Bertz CT molecular complexity index is 506. The minimum Gasteiger partial charge on any atom is -0.389 e. The van der Waals surface area contributed by atoms with Crippen molar-refractivity contribution in [3.8, 4) is 0 Å². The van der Waals surface area contributed by atoms with Crippen LogP contribution >= 0.6 is 24.0 Å². The van der Waals surface area contributed by atoms with E-state index in [2.05, 4.69) is 36.4 Å². The van der Waals surface area contributed by atoms with Crippen molar-refractivity contribution >= 4 is 29.0 Å². The predicted octanol–water partition coefficient (Wildman–Crippen LogP) is 3.75. The molecule has 3 heteroatoms. The standard InChI is InChI=1S/C15H15NS2/c16-15(17)14-8-6-13(7-9-14)11-18-10-12-4-2-1-3-5-12/h1-9H,10-11H2,(H2,16,17). The molecule has 0 bridgehead atoms. The van der Waals surface area contributed by atoms with Gasteiger partial charge in [-0.05, 0) is 11.1 Å². The molecule has 0 aromatic heterocycles. The Labute approximate surface area is 117 Å². The summed E-state index contributed by atoms with van der Waals surface area (Å²) in [6, 6.07) is 18.7. The summed E-state index contributed by atoms with van der Waals surface area (Å²) in [7, 11) is 0. The lowest BCUT2D eigenvalue weighted by molar-refractivity contribution is 1.36. The normalized spacial score (nSPS) is 10.2. The number of nitrogens with two attached hydrogens (primary N) is 1. The average Bonchev–Trinajstić information content (AvgIpc) is 2.40. The van der Waals surface area contributed by atoms with Crippen molar-refractivity contribution < 1.29 is 0 Å². The number of hydrogen-bond acceptors (Lipinski definition) is 2. The predicted molar refractivity (Wildman–Crippen MR) is 83.8 cm³/mol. The summed E-state index contributed by atoms with van der Waals surface area (Å²) in [6.07, 6.45) is 0. The van der Waals surface area contributed by atoms with Gasteiger partial charge in [0.15, 0.2) is 0 Å². The van der Waals surface area contributed by atoms with E-state index in [9.17, 15) is 0 Å². The van der Waals surface area contributed by atoms with Gasteiger partial charge in [-0.2, -0.15) is 11.8 Å². The molecule has 1 nitrogen and oxygen atoms in total. The van der Waals surface area contributed by atoms with Crippen molar-refractivity contribution in [2.75, 3.05) is 0 Å². The van der Waals surface area contributed by atoms with E-state index in [0.717, 1.165) is 17.1 Å². The molecule has 0 fully saturated rings. The summed E-state index contributed by atoms with van der Waals surface area (Å²) in [5.41, 5.74) is 9.16. The summed E-state index contributed by atoms with van der Waals surface area (Å²) < 4.78 is 0. The van der Waals surface area contributed by atoms with E-state index < -0.39 is 0 Å². The molecule has 0 unspecified atom stereocenters. The maximum Gasteiger partial charge on any atom is 0.103 e. The summed E-state index contributed by atoms with van der Waals surface area (Å²) in [6.45, 7) is 0. The summed E-state index contributed by atoms with van der Waals surface area (Å²) in [5.74, 6) is 2.05. The molecule has 0 heterocycles. The van der Waals surface area contributed by atoms with Crippen molar-refractivity contribution in [3.63, 3.8) is 0 Å². The second-order valence-corrected chi connectivity index (χ2v) is 5.46.